The Morgan fingerprint density at radius 1 is 1.19 bits per heavy atom. The van der Waals surface area contributed by atoms with Crippen LogP contribution in [-0.2, 0) is 13.6 Å². The number of benzene rings is 1. The van der Waals surface area contributed by atoms with Crippen LogP contribution in [0, 0.1) is 0 Å². The highest BCUT2D eigenvalue weighted by Crippen LogP contribution is 2.16. The maximum Gasteiger partial charge on any atom is 0.191 e. The van der Waals surface area contributed by atoms with Gasteiger partial charge in [-0.3, -0.25) is 4.68 Å². The lowest BCUT2D eigenvalue weighted by Crippen LogP contribution is -2.38. The second-order valence-electron chi connectivity index (χ2n) is 5.30. The summed E-state index contributed by atoms with van der Waals surface area (Å²) < 4.78 is 12.5. The molecule has 0 saturated carbocycles. The number of nitrogens with zero attached hydrogens (tertiary/aromatic N) is 4. The van der Waals surface area contributed by atoms with E-state index in [1.54, 1.807) is 11.8 Å². The van der Waals surface area contributed by atoms with Gasteiger partial charge in [0, 0.05) is 20.1 Å². The van der Waals surface area contributed by atoms with Crippen molar-refractivity contribution in [3.8, 4) is 11.5 Å². The number of guanidine groups is 1. The molecule has 0 spiro atoms. The lowest BCUT2D eigenvalue weighted by molar-refractivity contribution is 0.310. The molecule has 0 saturated heterocycles. The molecule has 0 aliphatic heterocycles. The van der Waals surface area contributed by atoms with Gasteiger partial charge in [-0.25, -0.2) is 9.98 Å². The van der Waals surface area contributed by atoms with Gasteiger partial charge in [-0.2, -0.15) is 5.10 Å². The highest BCUT2D eigenvalue weighted by molar-refractivity contribution is 14.0. The Morgan fingerprint density at radius 2 is 1.92 bits per heavy atom. The van der Waals surface area contributed by atoms with Gasteiger partial charge in [0.15, 0.2) is 5.96 Å². The van der Waals surface area contributed by atoms with Crippen LogP contribution in [0.2, 0.25) is 0 Å². The Balaban J connectivity index is 0.00000338. The van der Waals surface area contributed by atoms with E-state index in [2.05, 4.69) is 25.7 Å². The number of hydrogen-bond donors (Lipinski definition) is 2. The molecular formula is C17H27IN6O2. The zero-order valence-electron chi connectivity index (χ0n) is 15.4. The maximum absolute atomic E-state index is 5.70. The summed E-state index contributed by atoms with van der Waals surface area (Å²) in [5, 5.41) is 10.5. The zero-order valence-corrected chi connectivity index (χ0v) is 17.8. The van der Waals surface area contributed by atoms with Gasteiger partial charge in [0.25, 0.3) is 0 Å². The lowest BCUT2D eigenvalue weighted by atomic mass is 10.3. The van der Waals surface area contributed by atoms with E-state index in [0.717, 1.165) is 42.8 Å². The Hall–Kier alpha value is -2.04. The van der Waals surface area contributed by atoms with Crippen LogP contribution in [0.25, 0.3) is 0 Å². The highest BCUT2D eigenvalue weighted by atomic mass is 127. The van der Waals surface area contributed by atoms with E-state index in [1.807, 2.05) is 38.2 Å². The maximum atomic E-state index is 5.70. The van der Waals surface area contributed by atoms with Crippen LogP contribution in [0.3, 0.4) is 0 Å². The van der Waals surface area contributed by atoms with Crippen molar-refractivity contribution < 1.29 is 9.47 Å². The van der Waals surface area contributed by atoms with Crippen molar-refractivity contribution in [3.05, 3.63) is 36.4 Å². The quantitative estimate of drug-likeness (QED) is 0.250. The summed E-state index contributed by atoms with van der Waals surface area (Å²) >= 11 is 0. The van der Waals surface area contributed by atoms with Crippen molar-refractivity contribution in [2.45, 2.75) is 19.9 Å². The average Bonchev–Trinajstić information content (AvgIpc) is 3.04. The van der Waals surface area contributed by atoms with Crippen LogP contribution < -0.4 is 20.1 Å². The molecule has 0 radical (unpaired) electrons. The van der Waals surface area contributed by atoms with Gasteiger partial charge < -0.3 is 20.1 Å². The molecule has 0 fully saturated rings. The number of hydrogen-bond acceptors (Lipinski definition) is 5. The van der Waals surface area contributed by atoms with E-state index in [0.29, 0.717) is 13.2 Å². The highest BCUT2D eigenvalue weighted by Gasteiger charge is 2.01. The summed E-state index contributed by atoms with van der Waals surface area (Å²) in [7, 11) is 3.50. The van der Waals surface area contributed by atoms with Gasteiger partial charge in [0.05, 0.1) is 13.7 Å². The molecule has 0 bridgehead atoms. The summed E-state index contributed by atoms with van der Waals surface area (Å²) in [6.07, 6.45) is 2.39. The lowest BCUT2D eigenvalue weighted by Gasteiger charge is -2.12. The molecule has 0 unspecified atom stereocenters. The summed E-state index contributed by atoms with van der Waals surface area (Å²) in [6.45, 7) is 4.70. The monoisotopic (exact) mass is 474 g/mol. The third-order valence-corrected chi connectivity index (χ3v) is 3.47. The Labute approximate surface area is 171 Å². The van der Waals surface area contributed by atoms with E-state index >= 15 is 0 Å². The van der Waals surface area contributed by atoms with Crippen molar-refractivity contribution in [2.75, 3.05) is 26.8 Å². The van der Waals surface area contributed by atoms with Crippen molar-refractivity contribution >= 4 is 29.9 Å². The third kappa shape index (κ3) is 7.46. The number of rotatable bonds is 9. The van der Waals surface area contributed by atoms with Crippen molar-refractivity contribution in [1.82, 2.24) is 25.4 Å². The van der Waals surface area contributed by atoms with Crippen molar-refractivity contribution in [3.63, 3.8) is 0 Å². The number of aryl methyl sites for hydroxylation is 1. The molecule has 9 heteroatoms. The molecule has 1 aromatic carbocycles. The van der Waals surface area contributed by atoms with E-state index < -0.39 is 0 Å². The molecule has 144 valence electrons. The number of methoxy groups -OCH3 is 1. The first-order chi connectivity index (χ1) is 12.2. The van der Waals surface area contributed by atoms with Crippen molar-refractivity contribution in [1.29, 1.82) is 0 Å². The van der Waals surface area contributed by atoms with Crippen LogP contribution in [-0.4, -0.2) is 47.5 Å². The molecular weight excluding hydrogens is 447 g/mol. The van der Waals surface area contributed by atoms with Gasteiger partial charge in [-0.05, 0) is 37.6 Å². The number of ether oxygens (including phenoxy) is 2. The predicted molar refractivity (Wildman–Crippen MR) is 112 cm³/mol. The second-order valence-corrected chi connectivity index (χ2v) is 5.30. The Bertz CT molecular complexity index is 660. The molecule has 8 nitrogen and oxygen atoms in total. The number of aromatic nitrogens is 3. The van der Waals surface area contributed by atoms with E-state index in [1.165, 1.54) is 6.33 Å². The molecule has 2 aromatic rings. The molecule has 2 rings (SSSR count). The standard InChI is InChI=1S/C17H26N6O2.HI/c1-4-18-17(20-12-16-21-13-22-23(16)2)19-10-5-11-25-15-8-6-14(24-3)7-9-15;/h6-9,13H,4-5,10-12H2,1-3H3,(H2,18,19,20);1H. The van der Waals surface area contributed by atoms with E-state index in [4.69, 9.17) is 9.47 Å². The van der Waals surface area contributed by atoms with Crippen molar-refractivity contribution in [2.24, 2.45) is 12.0 Å². The van der Waals surface area contributed by atoms with Gasteiger partial charge in [-0.1, -0.05) is 0 Å². The van der Waals surface area contributed by atoms with Crippen LogP contribution in [0.5, 0.6) is 11.5 Å². The minimum Gasteiger partial charge on any atom is -0.497 e. The first kappa shape index (κ1) is 22.0. The summed E-state index contributed by atoms with van der Waals surface area (Å²) in [5.74, 6) is 3.24. The summed E-state index contributed by atoms with van der Waals surface area (Å²) in [6, 6.07) is 7.57. The molecule has 0 aliphatic carbocycles. The fraction of sp³-hybridized carbons (Fsp3) is 0.471. The minimum absolute atomic E-state index is 0. The molecule has 2 N–H and O–H groups in total. The number of aliphatic imine (C=N–C) groups is 1. The molecule has 0 amide bonds. The number of nitrogens with one attached hydrogen (secondary N) is 2. The number of halogens is 1. The predicted octanol–water partition coefficient (Wildman–Crippen LogP) is 1.97. The fourth-order valence-corrected chi connectivity index (χ4v) is 2.10. The third-order valence-electron chi connectivity index (χ3n) is 3.47. The first-order valence-electron chi connectivity index (χ1n) is 8.34. The van der Waals surface area contributed by atoms with Gasteiger partial charge in [-0.15, -0.1) is 24.0 Å². The molecule has 0 atom stereocenters. The first-order valence-corrected chi connectivity index (χ1v) is 8.34. The van der Waals surface area contributed by atoms with Crippen LogP contribution >= 0.6 is 24.0 Å². The van der Waals surface area contributed by atoms with E-state index in [9.17, 15) is 0 Å². The zero-order chi connectivity index (χ0) is 17.9. The van der Waals surface area contributed by atoms with Crippen LogP contribution in [0.15, 0.2) is 35.6 Å². The van der Waals surface area contributed by atoms with Gasteiger partial charge in [0.1, 0.15) is 30.2 Å². The normalized spacial score (nSPS) is 10.8. The molecule has 1 aromatic heterocycles. The SMILES string of the molecule is CCNC(=NCc1ncnn1C)NCCCOc1ccc(OC)cc1.I. The van der Waals surface area contributed by atoms with Crippen LogP contribution in [0.1, 0.15) is 19.2 Å². The summed E-state index contributed by atoms with van der Waals surface area (Å²) in [5.41, 5.74) is 0. The summed E-state index contributed by atoms with van der Waals surface area (Å²) in [4.78, 5) is 8.67. The minimum atomic E-state index is 0. The van der Waals surface area contributed by atoms with Gasteiger partial charge in [0.2, 0.25) is 0 Å². The van der Waals surface area contributed by atoms with E-state index in [-0.39, 0.29) is 24.0 Å². The van der Waals surface area contributed by atoms with Gasteiger partial charge >= 0.3 is 0 Å². The smallest absolute Gasteiger partial charge is 0.191 e. The van der Waals surface area contributed by atoms with Crippen LogP contribution in [0.4, 0.5) is 0 Å². The Morgan fingerprint density at radius 3 is 2.54 bits per heavy atom. The fourth-order valence-electron chi connectivity index (χ4n) is 2.10. The largest absolute Gasteiger partial charge is 0.497 e. The molecule has 0 aliphatic rings. The molecule has 26 heavy (non-hydrogen) atoms. The molecule has 1 heterocycles. The topological polar surface area (TPSA) is 85.6 Å². The average molecular weight is 474 g/mol. The second kappa shape index (κ2) is 12.3. The Kier molecular flexibility index (Phi) is 10.4.